The van der Waals surface area contributed by atoms with Gasteiger partial charge in [-0.3, -0.25) is 4.79 Å². The number of nitrogens with zero attached hydrogens (tertiary/aromatic N) is 2. The van der Waals surface area contributed by atoms with Crippen molar-refractivity contribution < 1.29 is 4.79 Å². The summed E-state index contributed by atoms with van der Waals surface area (Å²) in [6.45, 7) is 7.87. The van der Waals surface area contributed by atoms with Crippen LogP contribution in [0.1, 0.15) is 25.3 Å². The Morgan fingerprint density at radius 2 is 1.65 bits per heavy atom. The number of halogens is 1. The maximum atomic E-state index is 12.8. The zero-order valence-electron chi connectivity index (χ0n) is 12.5. The third kappa shape index (κ3) is 3.61. The monoisotopic (exact) mass is 338 g/mol. The molecular formula is C16H23BrN2O. The average Bonchev–Trinajstić information content (AvgIpc) is 2.41. The molecule has 1 unspecified atom stereocenters. The van der Waals surface area contributed by atoms with Crippen molar-refractivity contribution in [2.45, 2.75) is 19.8 Å². The van der Waals surface area contributed by atoms with Crippen LogP contribution in [-0.4, -0.2) is 48.9 Å². The van der Waals surface area contributed by atoms with Crippen molar-refractivity contribution in [3.05, 3.63) is 34.3 Å². The molecule has 2 rings (SSSR count). The first kappa shape index (κ1) is 15.5. The molecule has 0 spiro atoms. The van der Waals surface area contributed by atoms with Gasteiger partial charge >= 0.3 is 0 Å². The zero-order valence-corrected chi connectivity index (χ0v) is 14.1. The molecule has 1 aromatic carbocycles. The van der Waals surface area contributed by atoms with E-state index in [2.05, 4.69) is 53.9 Å². The van der Waals surface area contributed by atoms with Crippen LogP contribution >= 0.6 is 15.9 Å². The molecule has 4 heteroatoms. The van der Waals surface area contributed by atoms with E-state index in [-0.39, 0.29) is 11.8 Å². The predicted octanol–water partition coefficient (Wildman–Crippen LogP) is 2.96. The maximum Gasteiger partial charge on any atom is 0.230 e. The van der Waals surface area contributed by atoms with Gasteiger partial charge in [0.2, 0.25) is 5.91 Å². The first-order chi connectivity index (χ1) is 9.49. The second kappa shape index (κ2) is 6.72. The van der Waals surface area contributed by atoms with Gasteiger partial charge in [0, 0.05) is 30.7 Å². The number of likely N-dealkylation sites (N-methyl/N-ethyl adjacent to an activating group) is 1. The van der Waals surface area contributed by atoms with Crippen LogP contribution in [0.4, 0.5) is 0 Å². The minimum atomic E-state index is -0.0356. The summed E-state index contributed by atoms with van der Waals surface area (Å²) in [5, 5.41) is 0. The number of amides is 1. The Morgan fingerprint density at radius 3 is 2.15 bits per heavy atom. The van der Waals surface area contributed by atoms with Crippen LogP contribution in [-0.2, 0) is 4.79 Å². The molecule has 1 fully saturated rings. The molecule has 1 aliphatic rings. The number of rotatable bonds is 3. The predicted molar refractivity (Wildman–Crippen MR) is 85.8 cm³/mol. The Balaban J connectivity index is 2.16. The summed E-state index contributed by atoms with van der Waals surface area (Å²) in [5.74, 6) is 0.547. The van der Waals surface area contributed by atoms with Crippen LogP contribution < -0.4 is 0 Å². The summed E-state index contributed by atoms with van der Waals surface area (Å²) in [6.07, 6.45) is 0. The molecule has 1 amide bonds. The first-order valence-electron chi connectivity index (χ1n) is 7.22. The molecular weight excluding hydrogens is 316 g/mol. The average molecular weight is 339 g/mol. The first-order valence-corrected chi connectivity index (χ1v) is 8.01. The van der Waals surface area contributed by atoms with Crippen molar-refractivity contribution in [2.24, 2.45) is 5.92 Å². The molecule has 1 aliphatic heterocycles. The number of hydrogen-bond donors (Lipinski definition) is 0. The van der Waals surface area contributed by atoms with Gasteiger partial charge in [-0.25, -0.2) is 0 Å². The van der Waals surface area contributed by atoms with Crippen molar-refractivity contribution in [2.75, 3.05) is 33.2 Å². The minimum Gasteiger partial charge on any atom is -0.340 e. The standard InChI is InChI=1S/C16H23BrN2O/c1-12(2)15(13-4-6-14(17)7-5-13)16(20)19-10-8-18(3)9-11-19/h4-7,12,15H,8-11H2,1-3H3. The normalized spacial score (nSPS) is 18.4. The van der Waals surface area contributed by atoms with Gasteiger partial charge in [-0.15, -0.1) is 0 Å². The van der Waals surface area contributed by atoms with E-state index in [1.807, 2.05) is 17.0 Å². The smallest absolute Gasteiger partial charge is 0.230 e. The molecule has 110 valence electrons. The Bertz CT molecular complexity index is 450. The molecule has 0 aliphatic carbocycles. The van der Waals surface area contributed by atoms with Crippen LogP contribution in [0.5, 0.6) is 0 Å². The van der Waals surface area contributed by atoms with E-state index in [0.29, 0.717) is 5.92 Å². The summed E-state index contributed by atoms with van der Waals surface area (Å²) in [4.78, 5) is 17.1. The lowest BCUT2D eigenvalue weighted by Crippen LogP contribution is -2.49. The maximum absolute atomic E-state index is 12.8. The lowest BCUT2D eigenvalue weighted by Gasteiger charge is -2.35. The van der Waals surface area contributed by atoms with Crippen molar-refractivity contribution >= 4 is 21.8 Å². The highest BCUT2D eigenvalue weighted by Crippen LogP contribution is 2.28. The minimum absolute atomic E-state index is 0.0356. The number of piperazine rings is 1. The summed E-state index contributed by atoms with van der Waals surface area (Å²) >= 11 is 3.45. The Labute approximate surface area is 130 Å². The van der Waals surface area contributed by atoms with E-state index in [4.69, 9.17) is 0 Å². The number of carbonyl (C=O) groups excluding carboxylic acids is 1. The summed E-state index contributed by atoms with van der Waals surface area (Å²) in [6, 6.07) is 8.15. The molecule has 1 heterocycles. The van der Waals surface area contributed by atoms with E-state index >= 15 is 0 Å². The van der Waals surface area contributed by atoms with Crippen LogP contribution in [0.2, 0.25) is 0 Å². The SMILES string of the molecule is CC(C)C(C(=O)N1CCN(C)CC1)c1ccc(Br)cc1. The lowest BCUT2D eigenvalue weighted by molar-refractivity contribution is -0.135. The third-order valence-electron chi connectivity index (χ3n) is 3.98. The van der Waals surface area contributed by atoms with Gasteiger partial charge in [0.25, 0.3) is 0 Å². The van der Waals surface area contributed by atoms with Crippen molar-refractivity contribution in [3.63, 3.8) is 0 Å². The van der Waals surface area contributed by atoms with Gasteiger partial charge in [-0.05, 0) is 30.7 Å². The molecule has 1 atom stereocenters. The largest absolute Gasteiger partial charge is 0.340 e. The van der Waals surface area contributed by atoms with Gasteiger partial charge in [0.15, 0.2) is 0 Å². The number of hydrogen-bond acceptors (Lipinski definition) is 2. The molecule has 20 heavy (non-hydrogen) atoms. The van der Waals surface area contributed by atoms with Crippen LogP contribution in [0.15, 0.2) is 28.7 Å². The Hall–Kier alpha value is -0.870. The van der Waals surface area contributed by atoms with Gasteiger partial charge in [-0.1, -0.05) is 41.9 Å². The van der Waals surface area contributed by atoms with Crippen molar-refractivity contribution in [3.8, 4) is 0 Å². The van der Waals surface area contributed by atoms with Crippen LogP contribution in [0, 0.1) is 5.92 Å². The highest BCUT2D eigenvalue weighted by Gasteiger charge is 2.29. The number of benzene rings is 1. The fourth-order valence-corrected chi connectivity index (χ4v) is 2.97. The van der Waals surface area contributed by atoms with Crippen molar-refractivity contribution in [1.82, 2.24) is 9.80 Å². The molecule has 3 nitrogen and oxygen atoms in total. The summed E-state index contributed by atoms with van der Waals surface area (Å²) in [7, 11) is 2.11. The molecule has 0 saturated carbocycles. The second-order valence-corrected chi connectivity index (χ2v) is 6.82. The molecule has 1 aromatic rings. The topological polar surface area (TPSA) is 23.6 Å². The van der Waals surface area contributed by atoms with E-state index < -0.39 is 0 Å². The van der Waals surface area contributed by atoms with Crippen molar-refractivity contribution in [1.29, 1.82) is 0 Å². The highest BCUT2D eigenvalue weighted by atomic mass is 79.9. The van der Waals surface area contributed by atoms with E-state index in [0.717, 1.165) is 36.2 Å². The Morgan fingerprint density at radius 1 is 1.10 bits per heavy atom. The highest BCUT2D eigenvalue weighted by molar-refractivity contribution is 9.10. The molecule has 0 radical (unpaired) electrons. The van der Waals surface area contributed by atoms with E-state index in [1.165, 1.54) is 0 Å². The molecule has 0 N–H and O–H groups in total. The quantitative estimate of drug-likeness (QED) is 0.845. The van der Waals surface area contributed by atoms with E-state index in [9.17, 15) is 4.79 Å². The molecule has 0 aromatic heterocycles. The molecule has 1 saturated heterocycles. The third-order valence-corrected chi connectivity index (χ3v) is 4.51. The molecule has 0 bridgehead atoms. The zero-order chi connectivity index (χ0) is 14.7. The second-order valence-electron chi connectivity index (χ2n) is 5.90. The van der Waals surface area contributed by atoms with Gasteiger partial charge in [-0.2, -0.15) is 0 Å². The van der Waals surface area contributed by atoms with Gasteiger partial charge in [0.1, 0.15) is 0 Å². The summed E-state index contributed by atoms with van der Waals surface area (Å²) in [5.41, 5.74) is 1.12. The fourth-order valence-electron chi connectivity index (χ4n) is 2.71. The summed E-state index contributed by atoms with van der Waals surface area (Å²) < 4.78 is 1.05. The van der Waals surface area contributed by atoms with Crippen LogP contribution in [0.25, 0.3) is 0 Å². The Kier molecular flexibility index (Phi) is 5.22. The lowest BCUT2D eigenvalue weighted by atomic mass is 9.87. The van der Waals surface area contributed by atoms with Gasteiger partial charge in [0.05, 0.1) is 5.92 Å². The number of carbonyl (C=O) groups is 1. The fraction of sp³-hybridized carbons (Fsp3) is 0.562. The van der Waals surface area contributed by atoms with Crippen LogP contribution in [0.3, 0.4) is 0 Å². The van der Waals surface area contributed by atoms with Gasteiger partial charge < -0.3 is 9.80 Å². The van der Waals surface area contributed by atoms with E-state index in [1.54, 1.807) is 0 Å².